The van der Waals surface area contributed by atoms with E-state index in [0.29, 0.717) is 0 Å². The first-order valence-corrected chi connectivity index (χ1v) is 5.51. The number of hydrogen-bond donors (Lipinski definition) is 1. The van der Waals surface area contributed by atoms with Crippen LogP contribution in [0.5, 0.6) is 0 Å². The zero-order chi connectivity index (χ0) is 12.6. The summed E-state index contributed by atoms with van der Waals surface area (Å²) in [5.74, 6) is -0.617. The number of imidazole rings is 1. The molecular formula is C12H15N3O2. The van der Waals surface area contributed by atoms with E-state index in [1.165, 1.54) is 0 Å². The van der Waals surface area contributed by atoms with Gasteiger partial charge < -0.3 is 9.67 Å². The highest BCUT2D eigenvalue weighted by atomic mass is 16.4. The van der Waals surface area contributed by atoms with Gasteiger partial charge in [-0.25, -0.2) is 4.98 Å². The number of carboxylic acid groups (broad SMARTS) is 1. The number of aryl methyl sites for hydroxylation is 1. The number of hydrogen-bond acceptors (Lipinski definition) is 3. The smallest absolute Gasteiger partial charge is 0.306 e. The molecule has 90 valence electrons. The summed E-state index contributed by atoms with van der Waals surface area (Å²) >= 11 is 0. The predicted octanol–water partition coefficient (Wildman–Crippen LogP) is 1.79. The molecule has 5 nitrogen and oxygen atoms in total. The molecule has 0 aliphatic carbocycles. The van der Waals surface area contributed by atoms with Gasteiger partial charge in [0.1, 0.15) is 5.82 Å². The van der Waals surface area contributed by atoms with Crippen molar-refractivity contribution in [2.75, 3.05) is 0 Å². The number of rotatable bonds is 3. The number of carbonyl (C=O) groups is 1. The van der Waals surface area contributed by atoms with Gasteiger partial charge in [0.2, 0.25) is 0 Å². The number of nitrogens with zero attached hydrogens (tertiary/aromatic N) is 3. The molecule has 2 atom stereocenters. The van der Waals surface area contributed by atoms with Crippen LogP contribution in [0.3, 0.4) is 0 Å². The maximum atomic E-state index is 11.0. The van der Waals surface area contributed by atoms with Crippen molar-refractivity contribution in [1.82, 2.24) is 14.5 Å². The molecule has 0 amide bonds. The molecule has 2 rings (SSSR count). The van der Waals surface area contributed by atoms with Crippen LogP contribution in [-0.4, -0.2) is 25.6 Å². The summed E-state index contributed by atoms with van der Waals surface area (Å²) < 4.78 is 1.91. The summed E-state index contributed by atoms with van der Waals surface area (Å²) in [4.78, 5) is 19.5. The van der Waals surface area contributed by atoms with Crippen molar-refractivity contribution in [3.8, 4) is 0 Å². The second-order valence-electron chi connectivity index (χ2n) is 4.31. The van der Waals surface area contributed by atoms with Crippen molar-refractivity contribution >= 4 is 17.0 Å². The Morgan fingerprint density at radius 2 is 2.18 bits per heavy atom. The van der Waals surface area contributed by atoms with Crippen LogP contribution in [0.4, 0.5) is 0 Å². The molecule has 0 radical (unpaired) electrons. The number of aliphatic carboxylic acids is 1. The van der Waals surface area contributed by atoms with Gasteiger partial charge in [-0.2, -0.15) is 0 Å². The van der Waals surface area contributed by atoms with Crippen molar-refractivity contribution in [1.29, 1.82) is 0 Å². The van der Waals surface area contributed by atoms with E-state index in [-0.39, 0.29) is 5.92 Å². The molecule has 0 saturated carbocycles. The monoisotopic (exact) mass is 233 g/mol. The molecule has 0 fully saturated rings. The summed E-state index contributed by atoms with van der Waals surface area (Å²) in [6.45, 7) is 3.58. The molecule has 0 spiro atoms. The lowest BCUT2D eigenvalue weighted by Gasteiger charge is -2.15. The fourth-order valence-electron chi connectivity index (χ4n) is 1.90. The Bertz CT molecular complexity index is 562. The molecule has 2 aromatic rings. The van der Waals surface area contributed by atoms with Crippen LogP contribution in [0, 0.1) is 5.92 Å². The van der Waals surface area contributed by atoms with Gasteiger partial charge in [-0.1, -0.05) is 13.8 Å². The van der Waals surface area contributed by atoms with E-state index in [1.54, 1.807) is 19.3 Å². The molecule has 0 aromatic carbocycles. The van der Waals surface area contributed by atoms with E-state index in [4.69, 9.17) is 5.11 Å². The Hall–Kier alpha value is -1.91. The van der Waals surface area contributed by atoms with Crippen LogP contribution in [-0.2, 0) is 11.8 Å². The van der Waals surface area contributed by atoms with Gasteiger partial charge in [0, 0.05) is 19.2 Å². The summed E-state index contributed by atoms with van der Waals surface area (Å²) in [5.41, 5.74) is 1.77. The van der Waals surface area contributed by atoms with Crippen LogP contribution in [0.2, 0.25) is 0 Å². The molecule has 0 aliphatic heterocycles. The van der Waals surface area contributed by atoms with E-state index < -0.39 is 11.9 Å². The highest BCUT2D eigenvalue weighted by Crippen LogP contribution is 2.26. The molecule has 2 heterocycles. The Labute approximate surface area is 99.1 Å². The van der Waals surface area contributed by atoms with Crippen LogP contribution in [0.25, 0.3) is 11.0 Å². The lowest BCUT2D eigenvalue weighted by molar-refractivity contribution is -0.141. The highest BCUT2D eigenvalue weighted by Gasteiger charge is 2.25. The fraction of sp³-hybridized carbons (Fsp3) is 0.417. The van der Waals surface area contributed by atoms with Gasteiger partial charge in [-0.3, -0.25) is 9.78 Å². The van der Waals surface area contributed by atoms with Crippen LogP contribution < -0.4 is 0 Å². The number of pyridine rings is 1. The summed E-state index contributed by atoms with van der Waals surface area (Å²) in [6.07, 6.45) is 3.42. The number of carboxylic acids is 1. The molecule has 5 heteroatoms. The largest absolute Gasteiger partial charge is 0.481 e. The lowest BCUT2D eigenvalue weighted by Crippen LogP contribution is -2.19. The molecule has 2 unspecified atom stereocenters. The minimum atomic E-state index is -0.803. The Balaban J connectivity index is 2.49. The molecule has 0 saturated heterocycles. The molecular weight excluding hydrogens is 218 g/mol. The van der Waals surface area contributed by atoms with Crippen molar-refractivity contribution in [3.63, 3.8) is 0 Å². The molecule has 17 heavy (non-hydrogen) atoms. The fourth-order valence-corrected chi connectivity index (χ4v) is 1.90. The maximum absolute atomic E-state index is 11.0. The summed E-state index contributed by atoms with van der Waals surface area (Å²) in [5, 5.41) is 9.03. The van der Waals surface area contributed by atoms with E-state index in [9.17, 15) is 4.79 Å². The van der Waals surface area contributed by atoms with Crippen molar-refractivity contribution in [2.45, 2.75) is 19.8 Å². The minimum absolute atomic E-state index is 0.134. The van der Waals surface area contributed by atoms with Gasteiger partial charge in [0.25, 0.3) is 0 Å². The number of fused-ring (bicyclic) bond motifs is 1. The van der Waals surface area contributed by atoms with Crippen LogP contribution >= 0.6 is 0 Å². The molecule has 0 bridgehead atoms. The third-order valence-electron chi connectivity index (χ3n) is 3.26. The van der Waals surface area contributed by atoms with Gasteiger partial charge >= 0.3 is 5.97 Å². The molecule has 1 N–H and O–H groups in total. The standard InChI is InChI=1S/C12H15N3O2/c1-7(8(2)12(16)17)11-14-9-4-5-13-6-10(9)15(11)3/h4-8H,1-3H3,(H,16,17). The van der Waals surface area contributed by atoms with Gasteiger partial charge in [0.15, 0.2) is 0 Å². The van der Waals surface area contributed by atoms with Crippen molar-refractivity contribution in [2.24, 2.45) is 13.0 Å². The minimum Gasteiger partial charge on any atom is -0.481 e. The average molecular weight is 233 g/mol. The molecule has 2 aromatic heterocycles. The normalized spacial score (nSPS) is 14.8. The van der Waals surface area contributed by atoms with Crippen molar-refractivity contribution < 1.29 is 9.90 Å². The Morgan fingerprint density at radius 3 is 2.76 bits per heavy atom. The molecule has 0 aliphatic rings. The van der Waals surface area contributed by atoms with E-state index in [1.807, 2.05) is 24.6 Å². The SMILES string of the molecule is CC(C(=O)O)C(C)c1nc2ccncc2n1C. The van der Waals surface area contributed by atoms with Gasteiger partial charge in [-0.05, 0) is 6.07 Å². The van der Waals surface area contributed by atoms with E-state index >= 15 is 0 Å². The van der Waals surface area contributed by atoms with Crippen molar-refractivity contribution in [3.05, 3.63) is 24.3 Å². The summed E-state index contributed by atoms with van der Waals surface area (Å²) in [7, 11) is 1.89. The van der Waals surface area contributed by atoms with E-state index in [2.05, 4.69) is 9.97 Å². The maximum Gasteiger partial charge on any atom is 0.306 e. The Morgan fingerprint density at radius 1 is 1.47 bits per heavy atom. The number of aromatic nitrogens is 3. The van der Waals surface area contributed by atoms with E-state index in [0.717, 1.165) is 16.9 Å². The van der Waals surface area contributed by atoms with Gasteiger partial charge in [0.05, 0.1) is 23.1 Å². The third-order valence-corrected chi connectivity index (χ3v) is 3.26. The second kappa shape index (κ2) is 4.16. The third kappa shape index (κ3) is 1.88. The quantitative estimate of drug-likeness (QED) is 0.877. The first-order valence-electron chi connectivity index (χ1n) is 5.51. The zero-order valence-electron chi connectivity index (χ0n) is 10.1. The first-order chi connectivity index (χ1) is 8.02. The van der Waals surface area contributed by atoms with Gasteiger partial charge in [-0.15, -0.1) is 0 Å². The highest BCUT2D eigenvalue weighted by molar-refractivity contribution is 5.75. The van der Waals surface area contributed by atoms with Crippen LogP contribution in [0.1, 0.15) is 25.6 Å². The second-order valence-corrected chi connectivity index (χ2v) is 4.31. The average Bonchev–Trinajstić information content (AvgIpc) is 2.65. The van der Waals surface area contributed by atoms with Crippen LogP contribution in [0.15, 0.2) is 18.5 Å². The topological polar surface area (TPSA) is 68.0 Å². The lowest BCUT2D eigenvalue weighted by atomic mass is 9.95. The Kier molecular flexibility index (Phi) is 2.83. The zero-order valence-corrected chi connectivity index (χ0v) is 10.1. The predicted molar refractivity (Wildman–Crippen MR) is 63.7 cm³/mol. The first kappa shape index (κ1) is 11.6. The summed E-state index contributed by atoms with van der Waals surface area (Å²) in [6, 6.07) is 1.83.